The number of hydrogen-bond acceptors (Lipinski definition) is 1. The summed E-state index contributed by atoms with van der Waals surface area (Å²) in [7, 11) is 0. The van der Waals surface area contributed by atoms with Gasteiger partial charge >= 0.3 is 0 Å². The molecule has 1 nitrogen and oxygen atoms in total. The molecule has 0 radical (unpaired) electrons. The summed E-state index contributed by atoms with van der Waals surface area (Å²) in [6.07, 6.45) is 5.34. The Bertz CT molecular complexity index is 422. The van der Waals surface area contributed by atoms with Crippen LogP contribution in [0.2, 0.25) is 0 Å². The van der Waals surface area contributed by atoms with E-state index in [1.165, 1.54) is 17.7 Å². The van der Waals surface area contributed by atoms with Gasteiger partial charge in [-0.05, 0) is 42.9 Å². The maximum atomic E-state index is 4.37. The van der Waals surface area contributed by atoms with Crippen molar-refractivity contribution >= 4 is 0 Å². The maximum Gasteiger partial charge on any atom is 0.0406 e. The molecule has 88 valence electrons. The Morgan fingerprint density at radius 1 is 1.00 bits per heavy atom. The van der Waals surface area contributed by atoms with E-state index in [2.05, 4.69) is 54.4 Å². The molecule has 0 saturated carbocycles. The molecule has 2 aromatic rings. The molecule has 1 aromatic heterocycles. The Kier molecular flexibility index (Phi) is 4.31. The van der Waals surface area contributed by atoms with Crippen LogP contribution < -0.4 is 0 Å². The molecule has 0 saturated heterocycles. The molecular weight excluding hydrogens is 206 g/mol. The van der Waals surface area contributed by atoms with Crippen molar-refractivity contribution < 1.29 is 0 Å². The highest BCUT2D eigenvalue weighted by atomic mass is 14.7. The van der Waals surface area contributed by atoms with Gasteiger partial charge in [-0.1, -0.05) is 43.3 Å². The first-order valence-corrected chi connectivity index (χ1v) is 6.28. The third-order valence-electron chi connectivity index (χ3n) is 3.05. The fourth-order valence-electron chi connectivity index (χ4n) is 2.04. The highest BCUT2D eigenvalue weighted by Gasteiger charge is 2.04. The Morgan fingerprint density at radius 3 is 2.47 bits per heavy atom. The largest absolute Gasteiger partial charge is 0.261 e. The molecular formula is C16H19N. The number of pyridine rings is 1. The van der Waals surface area contributed by atoms with Crippen molar-refractivity contribution in [3.05, 3.63) is 66.0 Å². The SMILES string of the molecule is CC(CCc1ccccc1)Cc1ccccn1. The summed E-state index contributed by atoms with van der Waals surface area (Å²) < 4.78 is 0. The quantitative estimate of drug-likeness (QED) is 0.752. The van der Waals surface area contributed by atoms with Crippen molar-refractivity contribution in [3.63, 3.8) is 0 Å². The van der Waals surface area contributed by atoms with Gasteiger partial charge in [0.15, 0.2) is 0 Å². The van der Waals surface area contributed by atoms with Crippen LogP contribution >= 0.6 is 0 Å². The second-order valence-electron chi connectivity index (χ2n) is 4.65. The number of hydrogen-bond donors (Lipinski definition) is 0. The number of nitrogens with zero attached hydrogens (tertiary/aromatic N) is 1. The Morgan fingerprint density at radius 2 is 1.76 bits per heavy atom. The van der Waals surface area contributed by atoms with Gasteiger partial charge in [0.05, 0.1) is 0 Å². The summed E-state index contributed by atoms with van der Waals surface area (Å²) in [5, 5.41) is 0. The van der Waals surface area contributed by atoms with Gasteiger partial charge in [0.25, 0.3) is 0 Å². The van der Waals surface area contributed by atoms with Crippen LogP contribution in [-0.4, -0.2) is 4.98 Å². The van der Waals surface area contributed by atoms with Gasteiger partial charge in [-0.15, -0.1) is 0 Å². The number of aryl methyl sites for hydroxylation is 1. The molecule has 1 aromatic carbocycles. The Balaban J connectivity index is 1.80. The van der Waals surface area contributed by atoms with E-state index < -0.39 is 0 Å². The van der Waals surface area contributed by atoms with Crippen molar-refractivity contribution in [2.45, 2.75) is 26.2 Å². The van der Waals surface area contributed by atoms with E-state index in [0.29, 0.717) is 5.92 Å². The van der Waals surface area contributed by atoms with Crippen LogP contribution in [0.4, 0.5) is 0 Å². The topological polar surface area (TPSA) is 12.9 Å². The minimum Gasteiger partial charge on any atom is -0.261 e. The Hall–Kier alpha value is -1.63. The monoisotopic (exact) mass is 225 g/mol. The van der Waals surface area contributed by atoms with Crippen LogP contribution in [0, 0.1) is 5.92 Å². The fraction of sp³-hybridized carbons (Fsp3) is 0.312. The lowest BCUT2D eigenvalue weighted by atomic mass is 9.97. The summed E-state index contributed by atoms with van der Waals surface area (Å²) in [6.45, 7) is 2.30. The van der Waals surface area contributed by atoms with Gasteiger partial charge in [0.1, 0.15) is 0 Å². The molecule has 1 unspecified atom stereocenters. The fourth-order valence-corrected chi connectivity index (χ4v) is 2.04. The summed E-state index contributed by atoms with van der Waals surface area (Å²) in [5.41, 5.74) is 2.63. The second kappa shape index (κ2) is 6.19. The van der Waals surface area contributed by atoms with E-state index in [1.54, 1.807) is 0 Å². The molecule has 2 rings (SSSR count). The number of rotatable bonds is 5. The lowest BCUT2D eigenvalue weighted by molar-refractivity contribution is 0.524. The molecule has 1 heteroatoms. The summed E-state index contributed by atoms with van der Waals surface area (Å²) >= 11 is 0. The minimum atomic E-state index is 0.685. The van der Waals surface area contributed by atoms with Crippen molar-refractivity contribution in [3.8, 4) is 0 Å². The van der Waals surface area contributed by atoms with Gasteiger partial charge in [0, 0.05) is 11.9 Å². The minimum absolute atomic E-state index is 0.685. The molecule has 0 aliphatic carbocycles. The molecule has 0 bridgehead atoms. The molecule has 0 fully saturated rings. The second-order valence-corrected chi connectivity index (χ2v) is 4.65. The molecule has 0 aliphatic heterocycles. The number of benzene rings is 1. The van der Waals surface area contributed by atoms with Crippen molar-refractivity contribution in [1.29, 1.82) is 0 Å². The predicted molar refractivity (Wildman–Crippen MR) is 71.9 cm³/mol. The predicted octanol–water partition coefficient (Wildman–Crippen LogP) is 3.89. The normalized spacial score (nSPS) is 12.3. The Labute approximate surface area is 104 Å². The van der Waals surface area contributed by atoms with E-state index in [1.807, 2.05) is 12.3 Å². The molecule has 0 aliphatic rings. The van der Waals surface area contributed by atoms with Gasteiger partial charge in [0.2, 0.25) is 0 Å². The van der Waals surface area contributed by atoms with Crippen molar-refractivity contribution in [2.24, 2.45) is 5.92 Å². The van der Waals surface area contributed by atoms with E-state index >= 15 is 0 Å². The highest BCUT2D eigenvalue weighted by Crippen LogP contribution is 2.13. The summed E-state index contributed by atoms with van der Waals surface area (Å²) in [5.74, 6) is 0.685. The third-order valence-corrected chi connectivity index (χ3v) is 3.05. The van der Waals surface area contributed by atoms with Crippen LogP contribution in [0.15, 0.2) is 54.7 Å². The number of aromatic nitrogens is 1. The first-order valence-electron chi connectivity index (χ1n) is 6.28. The first-order chi connectivity index (χ1) is 8.34. The zero-order chi connectivity index (χ0) is 11.9. The molecule has 0 N–H and O–H groups in total. The highest BCUT2D eigenvalue weighted by molar-refractivity contribution is 5.14. The van der Waals surface area contributed by atoms with Gasteiger partial charge < -0.3 is 0 Å². The molecule has 1 atom stereocenters. The molecule has 17 heavy (non-hydrogen) atoms. The van der Waals surface area contributed by atoms with E-state index in [-0.39, 0.29) is 0 Å². The first kappa shape index (κ1) is 11.8. The third kappa shape index (κ3) is 4.03. The van der Waals surface area contributed by atoms with Crippen LogP contribution in [0.1, 0.15) is 24.6 Å². The molecule has 0 amide bonds. The van der Waals surface area contributed by atoms with Crippen LogP contribution in [0.25, 0.3) is 0 Å². The standard InChI is InChI=1S/C16H19N/c1-14(13-16-9-5-6-12-17-16)10-11-15-7-3-2-4-8-15/h2-9,12,14H,10-11,13H2,1H3. The smallest absolute Gasteiger partial charge is 0.0406 e. The zero-order valence-corrected chi connectivity index (χ0v) is 10.3. The van der Waals surface area contributed by atoms with Gasteiger partial charge in [-0.2, -0.15) is 0 Å². The summed E-state index contributed by atoms with van der Waals surface area (Å²) in [6, 6.07) is 16.8. The average Bonchev–Trinajstić information content (AvgIpc) is 2.39. The van der Waals surface area contributed by atoms with Crippen LogP contribution in [-0.2, 0) is 12.8 Å². The van der Waals surface area contributed by atoms with Crippen molar-refractivity contribution in [2.75, 3.05) is 0 Å². The van der Waals surface area contributed by atoms with Gasteiger partial charge in [-0.25, -0.2) is 0 Å². The van der Waals surface area contributed by atoms with E-state index in [0.717, 1.165) is 12.8 Å². The zero-order valence-electron chi connectivity index (χ0n) is 10.3. The van der Waals surface area contributed by atoms with Crippen molar-refractivity contribution in [1.82, 2.24) is 4.98 Å². The van der Waals surface area contributed by atoms with Gasteiger partial charge in [-0.3, -0.25) is 4.98 Å². The maximum absolute atomic E-state index is 4.37. The van der Waals surface area contributed by atoms with E-state index in [4.69, 9.17) is 0 Å². The summed E-state index contributed by atoms with van der Waals surface area (Å²) in [4.78, 5) is 4.37. The van der Waals surface area contributed by atoms with Crippen LogP contribution in [0.5, 0.6) is 0 Å². The van der Waals surface area contributed by atoms with Crippen LogP contribution in [0.3, 0.4) is 0 Å². The van der Waals surface area contributed by atoms with E-state index in [9.17, 15) is 0 Å². The molecule has 0 spiro atoms. The lowest BCUT2D eigenvalue weighted by Gasteiger charge is -2.10. The molecule has 1 heterocycles. The lowest BCUT2D eigenvalue weighted by Crippen LogP contribution is -2.03. The average molecular weight is 225 g/mol.